The Morgan fingerprint density at radius 3 is 1.23 bits per heavy atom. The zero-order valence-corrected chi connectivity index (χ0v) is 45.3. The maximum Gasteiger partial charge on any atom is 0.0972 e. The van der Waals surface area contributed by atoms with E-state index in [1.807, 2.05) is 12.1 Å². The van der Waals surface area contributed by atoms with Crippen LogP contribution in [0, 0.1) is 0 Å². The van der Waals surface area contributed by atoms with E-state index in [1.54, 1.807) is 37.2 Å². The van der Waals surface area contributed by atoms with Crippen molar-refractivity contribution in [2.75, 3.05) is 0 Å². The number of rotatable bonds is 6. The van der Waals surface area contributed by atoms with Crippen molar-refractivity contribution in [1.82, 2.24) is 39.9 Å². The van der Waals surface area contributed by atoms with E-state index in [9.17, 15) is 0 Å². The van der Waals surface area contributed by atoms with Gasteiger partial charge in [-0.1, -0.05) is 190 Å². The molecule has 83 heavy (non-hydrogen) atoms. The van der Waals surface area contributed by atoms with Crippen LogP contribution in [0.1, 0.15) is 25.0 Å². The van der Waals surface area contributed by atoms with Crippen molar-refractivity contribution in [3.8, 4) is 101 Å². The smallest absolute Gasteiger partial charge is 0.0972 e. The number of nitrogens with zero attached hydrogens (tertiary/aromatic N) is 8. The summed E-state index contributed by atoms with van der Waals surface area (Å²) in [4.78, 5) is 38.0. The molecule has 8 heteroatoms. The largest absolute Gasteiger partial charge is 0.261 e. The number of benzene rings is 9. The second-order valence-corrected chi connectivity index (χ2v) is 21.9. The Labute approximate surface area is 478 Å². The van der Waals surface area contributed by atoms with Gasteiger partial charge in [-0.15, -0.1) is 0 Å². The quantitative estimate of drug-likeness (QED) is 0.152. The van der Waals surface area contributed by atoms with E-state index in [1.165, 1.54) is 55.3 Å². The highest BCUT2D eigenvalue weighted by Gasteiger charge is 2.35. The maximum absolute atomic E-state index is 5.22. The molecule has 0 bridgehead atoms. The number of hydrogen-bond acceptors (Lipinski definition) is 8. The summed E-state index contributed by atoms with van der Waals surface area (Å²) in [6.45, 7) is 4.63. The lowest BCUT2D eigenvalue weighted by Gasteiger charge is -2.21. The maximum atomic E-state index is 5.22. The number of fused-ring (bicyclic) bond motifs is 12. The van der Waals surface area contributed by atoms with Gasteiger partial charge in [-0.3, -0.25) is 19.9 Å². The van der Waals surface area contributed by atoms with E-state index in [4.69, 9.17) is 19.9 Å². The van der Waals surface area contributed by atoms with Crippen LogP contribution in [0.4, 0.5) is 0 Å². The average molecular weight is 1060 g/mol. The molecule has 0 radical (unpaired) electrons. The molecule has 17 rings (SSSR count). The number of aromatic nitrogens is 8. The molecule has 0 atom stereocenters. The fraction of sp³-hybridized carbons (Fsp3) is 0.0400. The first-order chi connectivity index (χ1) is 40.9. The summed E-state index contributed by atoms with van der Waals surface area (Å²) >= 11 is 0. The van der Waals surface area contributed by atoms with E-state index >= 15 is 0 Å². The number of hydrogen-bond donors (Lipinski definition) is 0. The third kappa shape index (κ3) is 8.13. The van der Waals surface area contributed by atoms with Crippen LogP contribution in [-0.2, 0) is 5.41 Å². The van der Waals surface area contributed by atoms with Crippen LogP contribution >= 0.6 is 0 Å². The van der Waals surface area contributed by atoms with Gasteiger partial charge in [0.15, 0.2) is 0 Å². The van der Waals surface area contributed by atoms with Gasteiger partial charge in [-0.05, 0) is 97.7 Å². The molecule has 6 aromatic heterocycles. The summed E-state index contributed by atoms with van der Waals surface area (Å²) in [7, 11) is 0. The Morgan fingerprint density at radius 1 is 0.265 bits per heavy atom. The zero-order valence-electron chi connectivity index (χ0n) is 45.3. The van der Waals surface area contributed by atoms with Crippen LogP contribution in [0.25, 0.3) is 155 Å². The fourth-order valence-corrected chi connectivity index (χ4v) is 12.5. The van der Waals surface area contributed by atoms with E-state index in [-0.39, 0.29) is 5.41 Å². The molecule has 15 aromatic rings. The molecule has 0 unspecified atom stereocenters. The van der Waals surface area contributed by atoms with Gasteiger partial charge in [0, 0.05) is 85.1 Å². The van der Waals surface area contributed by atoms with Crippen LogP contribution < -0.4 is 0 Å². The second kappa shape index (κ2) is 19.1. The predicted octanol–water partition coefficient (Wildman–Crippen LogP) is 18.3. The van der Waals surface area contributed by atoms with E-state index < -0.39 is 0 Å². The molecule has 388 valence electrons. The van der Waals surface area contributed by atoms with Crippen LogP contribution in [0.15, 0.2) is 256 Å². The van der Waals surface area contributed by atoms with Gasteiger partial charge in [0.05, 0.1) is 68.6 Å². The van der Waals surface area contributed by atoms with E-state index in [0.29, 0.717) is 0 Å². The third-order valence-corrected chi connectivity index (χ3v) is 16.8. The monoisotopic (exact) mass is 1060 g/mol. The minimum atomic E-state index is -0.0510. The summed E-state index contributed by atoms with van der Waals surface area (Å²) in [6.07, 6.45) is 10.4. The molecule has 0 spiro atoms. The first kappa shape index (κ1) is 48.0. The molecule has 6 heterocycles. The van der Waals surface area contributed by atoms with Crippen molar-refractivity contribution in [3.63, 3.8) is 0 Å². The predicted molar refractivity (Wildman–Crippen MR) is 337 cm³/mol. The van der Waals surface area contributed by atoms with Gasteiger partial charge < -0.3 is 0 Å². The molecule has 0 fully saturated rings. The highest BCUT2D eigenvalue weighted by Crippen LogP contribution is 2.50. The van der Waals surface area contributed by atoms with Crippen molar-refractivity contribution >= 4 is 54.4 Å². The van der Waals surface area contributed by atoms with Gasteiger partial charge in [-0.2, -0.15) is 0 Å². The molecule has 8 nitrogen and oxygen atoms in total. The highest BCUT2D eigenvalue weighted by atomic mass is 14.8. The lowest BCUT2D eigenvalue weighted by molar-refractivity contribution is 0.660. The molecule has 0 saturated heterocycles. The Kier molecular flexibility index (Phi) is 11.0. The Balaban J connectivity index is 0.000000136. The van der Waals surface area contributed by atoms with Crippen LogP contribution in [0.5, 0.6) is 0 Å². The first-order valence-electron chi connectivity index (χ1n) is 27.9. The molecule has 0 aliphatic heterocycles. The number of pyridine rings is 4. The molecule has 0 saturated carbocycles. The first-order valence-corrected chi connectivity index (χ1v) is 27.9. The molecule has 2 aliphatic carbocycles. The highest BCUT2D eigenvalue weighted by molar-refractivity contribution is 6.16. The molecular formula is C75H48N8. The minimum Gasteiger partial charge on any atom is -0.261 e. The summed E-state index contributed by atoms with van der Waals surface area (Å²) < 4.78 is 0. The molecule has 9 aromatic carbocycles. The lowest BCUT2D eigenvalue weighted by atomic mass is 9.82. The summed E-state index contributed by atoms with van der Waals surface area (Å²) in [6, 6.07) is 77.5. The van der Waals surface area contributed by atoms with Gasteiger partial charge in [0.2, 0.25) is 0 Å². The minimum absolute atomic E-state index is 0.0510. The molecule has 2 aliphatic rings. The van der Waals surface area contributed by atoms with Gasteiger partial charge in [-0.25, -0.2) is 19.9 Å². The van der Waals surface area contributed by atoms with Crippen LogP contribution in [0.2, 0.25) is 0 Å². The SMILES string of the molecule is CC1(C)c2ccccc2-c2ccc(-c3ccc4ccc5ccc(-c6ccc(-c7cnccn7)cc6)nc5c4n3)cc21.c1cc(-c2cnccn2)cc(-c2ccc3ccc4ccc(-c5ccc6c(c5)-c5cccc7cccc-6c57)nc4c3n2)c1. The second-order valence-electron chi connectivity index (χ2n) is 21.9. The summed E-state index contributed by atoms with van der Waals surface area (Å²) in [5.74, 6) is 0. The third-order valence-electron chi connectivity index (χ3n) is 16.8. The normalized spacial score (nSPS) is 12.6. The van der Waals surface area contributed by atoms with Crippen molar-refractivity contribution in [3.05, 3.63) is 267 Å². The van der Waals surface area contributed by atoms with Crippen LogP contribution in [-0.4, -0.2) is 39.9 Å². The molecule has 0 amide bonds. The Bertz CT molecular complexity index is 5110. The molecule has 0 N–H and O–H groups in total. The van der Waals surface area contributed by atoms with Gasteiger partial charge in [0.1, 0.15) is 0 Å². The van der Waals surface area contributed by atoms with E-state index in [0.717, 1.165) is 111 Å². The van der Waals surface area contributed by atoms with Crippen LogP contribution in [0.3, 0.4) is 0 Å². The Hall–Kier alpha value is -11.0. The Morgan fingerprint density at radius 2 is 0.675 bits per heavy atom. The lowest BCUT2D eigenvalue weighted by Crippen LogP contribution is -2.14. The molecular weight excluding hydrogens is 1010 g/mol. The average Bonchev–Trinajstić information content (AvgIpc) is 2.35. The summed E-state index contributed by atoms with van der Waals surface area (Å²) in [5.41, 5.74) is 25.9. The van der Waals surface area contributed by atoms with Gasteiger partial charge >= 0.3 is 0 Å². The van der Waals surface area contributed by atoms with E-state index in [2.05, 4.69) is 240 Å². The topological polar surface area (TPSA) is 103 Å². The van der Waals surface area contributed by atoms with Crippen molar-refractivity contribution in [1.29, 1.82) is 0 Å². The summed E-state index contributed by atoms with van der Waals surface area (Å²) in [5, 5.41) is 6.91. The van der Waals surface area contributed by atoms with Crippen molar-refractivity contribution < 1.29 is 0 Å². The fourth-order valence-electron chi connectivity index (χ4n) is 12.5. The van der Waals surface area contributed by atoms with Crippen molar-refractivity contribution in [2.24, 2.45) is 0 Å². The van der Waals surface area contributed by atoms with Gasteiger partial charge in [0.25, 0.3) is 0 Å². The zero-order chi connectivity index (χ0) is 55.2. The standard InChI is InChI=1S/C38H22N4.C37H26N4/c1-6-26(20-27(7-1)35-22-39-18-19-40-35)33-16-13-24-10-11-25-14-17-34(42-38(25)37(24)41-33)28-12-15-29-30-8-2-4-23-5-3-9-31(36(23)30)32(29)21-28;1-37(2)30-6-4-3-5-28(30)29-16-13-27(21-31(29)37)33-18-15-26-12-11-25-14-17-32(40-35(25)36(26)41-33)23-7-9-24(10-8-23)34-22-38-19-20-39-34/h1-22H;3-22H,1-2H3. The van der Waals surface area contributed by atoms with Crippen molar-refractivity contribution in [2.45, 2.75) is 19.3 Å².